The smallest absolute Gasteiger partial charge is 0.350 e. The van der Waals surface area contributed by atoms with Crippen LogP contribution in [0.1, 0.15) is 27.3 Å². The number of amides is 1. The van der Waals surface area contributed by atoms with Gasteiger partial charge in [-0.25, -0.2) is 9.97 Å². The number of benzene rings is 1. The van der Waals surface area contributed by atoms with Crippen LogP contribution >= 0.6 is 0 Å². The lowest BCUT2D eigenvalue weighted by Gasteiger charge is -2.13. The van der Waals surface area contributed by atoms with E-state index in [4.69, 9.17) is 0 Å². The molecule has 0 aliphatic heterocycles. The van der Waals surface area contributed by atoms with Crippen molar-refractivity contribution in [1.29, 1.82) is 0 Å². The van der Waals surface area contributed by atoms with E-state index in [-0.39, 0.29) is 18.5 Å². The molecule has 130 valence electrons. The number of imidazole rings is 1. The van der Waals surface area contributed by atoms with Gasteiger partial charge in [0.1, 0.15) is 5.69 Å². The van der Waals surface area contributed by atoms with Gasteiger partial charge in [-0.2, -0.15) is 13.2 Å². The fourth-order valence-corrected chi connectivity index (χ4v) is 2.68. The average molecular weight is 348 g/mol. The molecule has 0 fully saturated rings. The molecule has 0 saturated carbocycles. The first-order valence-corrected chi connectivity index (χ1v) is 7.61. The maximum atomic E-state index is 13.0. The van der Waals surface area contributed by atoms with Gasteiger partial charge in [0.25, 0.3) is 5.91 Å². The first kappa shape index (κ1) is 16.9. The number of carbonyl (C=O) groups excluding carboxylic acids is 1. The highest BCUT2D eigenvalue weighted by Gasteiger charge is 2.32. The molecular weight excluding hydrogens is 333 g/mol. The van der Waals surface area contributed by atoms with Crippen molar-refractivity contribution < 1.29 is 18.0 Å². The van der Waals surface area contributed by atoms with Gasteiger partial charge >= 0.3 is 6.18 Å². The monoisotopic (exact) mass is 348 g/mol. The third-order valence-corrected chi connectivity index (χ3v) is 3.80. The highest BCUT2D eigenvalue weighted by atomic mass is 19.4. The van der Waals surface area contributed by atoms with Crippen molar-refractivity contribution >= 4 is 11.7 Å². The summed E-state index contributed by atoms with van der Waals surface area (Å²) in [7, 11) is 0. The van der Waals surface area contributed by atoms with Crippen LogP contribution in [0, 0.1) is 6.92 Å². The molecule has 0 unspecified atom stereocenters. The predicted molar refractivity (Wildman–Crippen MR) is 85.2 cm³/mol. The van der Waals surface area contributed by atoms with Crippen molar-refractivity contribution in [2.24, 2.45) is 0 Å². The summed E-state index contributed by atoms with van der Waals surface area (Å²) in [5, 5.41) is 2.65. The fraction of sp³-hybridized carbons (Fsp3) is 0.235. The van der Waals surface area contributed by atoms with Gasteiger partial charge in [0, 0.05) is 18.9 Å². The molecule has 3 aromatic rings. The molecule has 1 amide bonds. The molecule has 2 heterocycles. The van der Waals surface area contributed by atoms with Gasteiger partial charge in [0.15, 0.2) is 0 Å². The Hall–Kier alpha value is -2.90. The lowest BCUT2D eigenvalue weighted by molar-refractivity contribution is -0.138. The van der Waals surface area contributed by atoms with Gasteiger partial charge in [-0.1, -0.05) is 18.2 Å². The number of alkyl halides is 3. The van der Waals surface area contributed by atoms with Crippen LogP contribution in [0.4, 0.5) is 13.2 Å². The highest BCUT2D eigenvalue weighted by Crippen LogP contribution is 2.31. The number of aryl methyl sites for hydroxylation is 1. The maximum absolute atomic E-state index is 13.0. The predicted octanol–water partition coefficient (Wildman–Crippen LogP) is 3.03. The van der Waals surface area contributed by atoms with E-state index < -0.39 is 17.6 Å². The molecule has 0 bridgehead atoms. The topological polar surface area (TPSA) is 59.3 Å². The summed E-state index contributed by atoms with van der Waals surface area (Å²) in [6, 6.07) is 7.02. The summed E-state index contributed by atoms with van der Waals surface area (Å²) in [5.74, 6) is -0.00458. The summed E-state index contributed by atoms with van der Waals surface area (Å²) in [4.78, 5) is 20.6. The second-order valence-electron chi connectivity index (χ2n) is 5.50. The Balaban J connectivity index is 1.73. The zero-order valence-corrected chi connectivity index (χ0v) is 13.3. The van der Waals surface area contributed by atoms with Crippen molar-refractivity contribution in [2.45, 2.75) is 19.5 Å². The minimum Gasteiger partial charge on any atom is -0.350 e. The lowest BCUT2D eigenvalue weighted by atomic mass is 10.0. The SMILES string of the molecule is Cc1nc2ncccn2c1C(=O)NCCc1ccccc1C(F)(F)F. The minimum atomic E-state index is -4.41. The van der Waals surface area contributed by atoms with Gasteiger partial charge in [0.05, 0.1) is 11.3 Å². The molecule has 0 saturated heterocycles. The van der Waals surface area contributed by atoms with Crippen molar-refractivity contribution in [3.05, 3.63) is 65.2 Å². The summed E-state index contributed by atoms with van der Waals surface area (Å²) in [6.07, 6.45) is -1.10. The zero-order chi connectivity index (χ0) is 18.0. The van der Waals surface area contributed by atoms with Crippen molar-refractivity contribution in [2.75, 3.05) is 6.54 Å². The molecule has 0 aliphatic carbocycles. The van der Waals surface area contributed by atoms with Crippen LogP contribution in [0.5, 0.6) is 0 Å². The summed E-state index contributed by atoms with van der Waals surface area (Å²) in [6.45, 7) is 1.77. The molecule has 0 radical (unpaired) electrons. The van der Waals surface area contributed by atoms with Crippen LogP contribution in [0.3, 0.4) is 0 Å². The molecular formula is C17H15F3N4O. The molecule has 8 heteroatoms. The molecule has 2 aromatic heterocycles. The van der Waals surface area contributed by atoms with E-state index in [0.717, 1.165) is 6.07 Å². The van der Waals surface area contributed by atoms with Crippen LogP contribution < -0.4 is 5.32 Å². The van der Waals surface area contributed by atoms with Gasteiger partial charge in [-0.3, -0.25) is 9.20 Å². The molecule has 0 aliphatic rings. The van der Waals surface area contributed by atoms with Gasteiger partial charge in [0.2, 0.25) is 5.78 Å². The van der Waals surface area contributed by atoms with Crippen molar-refractivity contribution in [3.63, 3.8) is 0 Å². The average Bonchev–Trinajstić information content (AvgIpc) is 2.90. The third kappa shape index (κ3) is 3.47. The summed E-state index contributed by atoms with van der Waals surface area (Å²) >= 11 is 0. The number of hydrogen-bond acceptors (Lipinski definition) is 3. The van der Waals surface area contributed by atoms with Crippen LogP contribution in [0.15, 0.2) is 42.7 Å². The number of nitrogens with zero attached hydrogens (tertiary/aromatic N) is 3. The second kappa shape index (κ2) is 6.54. The number of halogens is 3. The number of fused-ring (bicyclic) bond motifs is 1. The first-order chi connectivity index (χ1) is 11.9. The Bertz CT molecular complexity index is 918. The normalized spacial score (nSPS) is 11.7. The van der Waals surface area contributed by atoms with E-state index in [1.54, 1.807) is 35.9 Å². The molecule has 25 heavy (non-hydrogen) atoms. The lowest BCUT2D eigenvalue weighted by Crippen LogP contribution is -2.28. The van der Waals surface area contributed by atoms with Gasteiger partial charge < -0.3 is 5.32 Å². The van der Waals surface area contributed by atoms with Crippen LogP contribution in [-0.4, -0.2) is 26.8 Å². The molecule has 1 aromatic carbocycles. The summed E-state index contributed by atoms with van der Waals surface area (Å²) < 4.78 is 40.5. The highest BCUT2D eigenvalue weighted by molar-refractivity contribution is 5.94. The molecule has 1 N–H and O–H groups in total. The largest absolute Gasteiger partial charge is 0.416 e. The Kier molecular flexibility index (Phi) is 4.43. The van der Waals surface area contributed by atoms with Crippen LogP contribution in [-0.2, 0) is 12.6 Å². The molecule has 0 atom stereocenters. The van der Waals surface area contributed by atoms with E-state index >= 15 is 0 Å². The molecule has 3 rings (SSSR count). The zero-order valence-electron chi connectivity index (χ0n) is 13.3. The standard InChI is InChI=1S/C17H15F3N4O/c1-11-14(24-10-4-8-22-16(24)23-11)15(25)21-9-7-12-5-2-3-6-13(12)17(18,19)20/h2-6,8,10H,7,9H2,1H3,(H,21,25). The van der Waals surface area contributed by atoms with Gasteiger partial charge in [-0.05, 0) is 31.0 Å². The first-order valence-electron chi connectivity index (χ1n) is 7.61. The minimum absolute atomic E-state index is 0.0788. The Morgan fingerprint density at radius 1 is 1.24 bits per heavy atom. The maximum Gasteiger partial charge on any atom is 0.416 e. The Labute approximate surface area is 141 Å². The number of aromatic nitrogens is 3. The Morgan fingerprint density at radius 3 is 2.76 bits per heavy atom. The second-order valence-corrected chi connectivity index (χ2v) is 5.50. The molecule has 5 nitrogen and oxygen atoms in total. The number of carbonyl (C=O) groups is 1. The quantitative estimate of drug-likeness (QED) is 0.788. The van der Waals surface area contributed by atoms with Crippen molar-refractivity contribution in [3.8, 4) is 0 Å². The molecule has 0 spiro atoms. The van der Waals surface area contributed by atoms with E-state index in [1.165, 1.54) is 12.1 Å². The van der Waals surface area contributed by atoms with Crippen molar-refractivity contribution in [1.82, 2.24) is 19.7 Å². The number of nitrogens with one attached hydrogen (secondary N) is 1. The number of rotatable bonds is 4. The third-order valence-electron chi connectivity index (χ3n) is 3.80. The fourth-order valence-electron chi connectivity index (χ4n) is 2.68. The van der Waals surface area contributed by atoms with Gasteiger partial charge in [-0.15, -0.1) is 0 Å². The van der Waals surface area contributed by atoms with E-state index in [9.17, 15) is 18.0 Å². The van der Waals surface area contributed by atoms with Crippen LogP contribution in [0.25, 0.3) is 5.78 Å². The number of hydrogen-bond donors (Lipinski definition) is 1. The van der Waals surface area contributed by atoms with E-state index in [1.807, 2.05) is 0 Å². The van der Waals surface area contributed by atoms with Crippen LogP contribution in [0.2, 0.25) is 0 Å². The van der Waals surface area contributed by atoms with E-state index in [0.29, 0.717) is 17.2 Å². The Morgan fingerprint density at radius 2 is 2.00 bits per heavy atom. The summed E-state index contributed by atoms with van der Waals surface area (Å²) in [5.41, 5.74) is 0.297. The van der Waals surface area contributed by atoms with E-state index in [2.05, 4.69) is 15.3 Å².